The lowest BCUT2D eigenvalue weighted by Gasteiger charge is -2.40. The van der Waals surface area contributed by atoms with Crippen molar-refractivity contribution in [1.29, 1.82) is 0 Å². The topological polar surface area (TPSA) is 64.4 Å². The second-order valence-corrected chi connectivity index (χ2v) is 7.44. The SMILES string of the molecule is CCCC(C)(N)C(=O)NCC1CCCOC1C(C)(C)C. The third kappa shape index (κ3) is 4.74. The van der Waals surface area contributed by atoms with E-state index in [1.807, 2.05) is 13.8 Å². The quantitative estimate of drug-likeness (QED) is 0.815. The van der Waals surface area contributed by atoms with Crippen molar-refractivity contribution in [1.82, 2.24) is 5.32 Å². The van der Waals surface area contributed by atoms with E-state index < -0.39 is 5.54 Å². The fraction of sp³-hybridized carbons (Fsp3) is 0.938. The fourth-order valence-electron chi connectivity index (χ4n) is 3.07. The zero-order valence-corrected chi connectivity index (χ0v) is 13.8. The maximum absolute atomic E-state index is 12.2. The molecule has 1 saturated heterocycles. The van der Waals surface area contributed by atoms with E-state index in [1.165, 1.54) is 0 Å². The van der Waals surface area contributed by atoms with E-state index in [9.17, 15) is 4.79 Å². The summed E-state index contributed by atoms with van der Waals surface area (Å²) in [7, 11) is 0. The maximum atomic E-state index is 12.2. The van der Waals surface area contributed by atoms with E-state index in [4.69, 9.17) is 10.5 Å². The molecule has 0 bridgehead atoms. The van der Waals surface area contributed by atoms with Crippen LogP contribution >= 0.6 is 0 Å². The van der Waals surface area contributed by atoms with Gasteiger partial charge in [0.2, 0.25) is 5.91 Å². The summed E-state index contributed by atoms with van der Waals surface area (Å²) in [6, 6.07) is 0. The Morgan fingerprint density at radius 2 is 2.00 bits per heavy atom. The van der Waals surface area contributed by atoms with Gasteiger partial charge in [-0.1, -0.05) is 34.1 Å². The third-order valence-electron chi connectivity index (χ3n) is 4.11. The molecule has 3 atom stereocenters. The van der Waals surface area contributed by atoms with Gasteiger partial charge >= 0.3 is 0 Å². The van der Waals surface area contributed by atoms with E-state index in [0.29, 0.717) is 18.9 Å². The zero-order valence-electron chi connectivity index (χ0n) is 13.8. The number of nitrogens with two attached hydrogens (primary N) is 1. The minimum Gasteiger partial charge on any atom is -0.377 e. The molecule has 0 spiro atoms. The first-order chi connectivity index (χ1) is 9.18. The van der Waals surface area contributed by atoms with E-state index >= 15 is 0 Å². The van der Waals surface area contributed by atoms with Crippen molar-refractivity contribution in [3.8, 4) is 0 Å². The van der Waals surface area contributed by atoms with E-state index in [-0.39, 0.29) is 17.4 Å². The molecule has 1 fully saturated rings. The third-order valence-corrected chi connectivity index (χ3v) is 4.11. The summed E-state index contributed by atoms with van der Waals surface area (Å²) in [5, 5.41) is 3.04. The molecule has 0 radical (unpaired) electrons. The van der Waals surface area contributed by atoms with Gasteiger partial charge in [-0.05, 0) is 31.6 Å². The van der Waals surface area contributed by atoms with Crippen LogP contribution in [0.1, 0.15) is 60.3 Å². The molecule has 1 amide bonds. The van der Waals surface area contributed by atoms with Crippen molar-refractivity contribution >= 4 is 5.91 Å². The molecular formula is C16H32N2O2. The number of carbonyl (C=O) groups excluding carboxylic acids is 1. The van der Waals surface area contributed by atoms with Crippen molar-refractivity contribution in [3.05, 3.63) is 0 Å². The predicted molar refractivity (Wildman–Crippen MR) is 82.4 cm³/mol. The average Bonchev–Trinajstić information content (AvgIpc) is 2.35. The van der Waals surface area contributed by atoms with E-state index in [2.05, 4.69) is 26.1 Å². The molecule has 20 heavy (non-hydrogen) atoms. The van der Waals surface area contributed by atoms with Crippen LogP contribution in [0, 0.1) is 11.3 Å². The average molecular weight is 284 g/mol. The summed E-state index contributed by atoms with van der Waals surface area (Å²) < 4.78 is 5.94. The molecule has 118 valence electrons. The molecule has 4 nitrogen and oxygen atoms in total. The molecule has 1 aliphatic heterocycles. The lowest BCUT2D eigenvalue weighted by molar-refractivity contribution is -0.127. The highest BCUT2D eigenvalue weighted by atomic mass is 16.5. The number of rotatable bonds is 5. The Morgan fingerprint density at radius 3 is 2.55 bits per heavy atom. The Hall–Kier alpha value is -0.610. The standard InChI is InChI=1S/C16H32N2O2/c1-6-9-16(5,17)14(19)18-11-12-8-7-10-20-13(12)15(2,3)4/h12-13H,6-11,17H2,1-5H3,(H,18,19). The minimum absolute atomic E-state index is 0.0439. The van der Waals surface area contributed by atoms with Crippen LogP contribution in [0.5, 0.6) is 0 Å². The molecule has 4 heteroatoms. The van der Waals surface area contributed by atoms with Crippen LogP contribution in [0.25, 0.3) is 0 Å². The van der Waals surface area contributed by atoms with Gasteiger partial charge in [0, 0.05) is 19.1 Å². The minimum atomic E-state index is -0.762. The van der Waals surface area contributed by atoms with Crippen molar-refractivity contribution in [2.24, 2.45) is 17.1 Å². The monoisotopic (exact) mass is 284 g/mol. The van der Waals surface area contributed by atoms with Crippen molar-refractivity contribution < 1.29 is 9.53 Å². The van der Waals surface area contributed by atoms with Crippen molar-refractivity contribution in [3.63, 3.8) is 0 Å². The summed E-state index contributed by atoms with van der Waals surface area (Å²) in [6.45, 7) is 11.9. The molecule has 3 unspecified atom stereocenters. The van der Waals surface area contributed by atoms with Crippen LogP contribution in [-0.2, 0) is 9.53 Å². The summed E-state index contributed by atoms with van der Waals surface area (Å²) in [6.07, 6.45) is 4.01. The van der Waals surface area contributed by atoms with Crippen LogP contribution in [0.4, 0.5) is 0 Å². The van der Waals surface area contributed by atoms with Gasteiger partial charge in [-0.3, -0.25) is 4.79 Å². The Labute approximate surface area is 123 Å². The first kappa shape index (κ1) is 17.4. The summed E-state index contributed by atoms with van der Waals surface area (Å²) in [4.78, 5) is 12.2. The summed E-state index contributed by atoms with van der Waals surface area (Å²) >= 11 is 0. The smallest absolute Gasteiger partial charge is 0.239 e. The Balaban J connectivity index is 2.56. The predicted octanol–water partition coefficient (Wildman–Crippen LogP) is 2.46. The highest BCUT2D eigenvalue weighted by Crippen LogP contribution is 2.33. The fourth-order valence-corrected chi connectivity index (χ4v) is 3.07. The van der Waals surface area contributed by atoms with E-state index in [1.54, 1.807) is 0 Å². The van der Waals surface area contributed by atoms with Gasteiger partial charge in [-0.2, -0.15) is 0 Å². The molecule has 1 rings (SSSR count). The van der Waals surface area contributed by atoms with Crippen molar-refractivity contribution in [2.75, 3.05) is 13.2 Å². The second kappa shape index (κ2) is 6.90. The number of carbonyl (C=O) groups is 1. The van der Waals surface area contributed by atoms with Gasteiger partial charge in [0.15, 0.2) is 0 Å². The van der Waals surface area contributed by atoms with Crippen LogP contribution in [-0.4, -0.2) is 30.7 Å². The molecule has 3 N–H and O–H groups in total. The molecule has 1 aliphatic rings. The summed E-state index contributed by atoms with van der Waals surface area (Å²) in [5.74, 6) is 0.336. The van der Waals surface area contributed by atoms with Crippen LogP contribution in [0.15, 0.2) is 0 Å². The van der Waals surface area contributed by atoms with Crippen LogP contribution < -0.4 is 11.1 Å². The van der Waals surface area contributed by atoms with Crippen LogP contribution in [0.3, 0.4) is 0 Å². The number of amides is 1. The highest BCUT2D eigenvalue weighted by molar-refractivity contribution is 5.85. The lowest BCUT2D eigenvalue weighted by atomic mass is 9.78. The van der Waals surface area contributed by atoms with Gasteiger partial charge in [-0.15, -0.1) is 0 Å². The normalized spacial score (nSPS) is 26.9. The molecular weight excluding hydrogens is 252 g/mol. The van der Waals surface area contributed by atoms with Gasteiger partial charge < -0.3 is 15.8 Å². The molecule has 0 aliphatic carbocycles. The second-order valence-electron chi connectivity index (χ2n) is 7.44. The number of ether oxygens (including phenoxy) is 1. The molecule has 0 aromatic heterocycles. The van der Waals surface area contributed by atoms with Gasteiger partial charge in [0.25, 0.3) is 0 Å². The Kier molecular flexibility index (Phi) is 6.02. The van der Waals surface area contributed by atoms with Gasteiger partial charge in [-0.25, -0.2) is 0 Å². The maximum Gasteiger partial charge on any atom is 0.239 e. The van der Waals surface area contributed by atoms with Gasteiger partial charge in [0.05, 0.1) is 11.6 Å². The molecule has 0 saturated carbocycles. The van der Waals surface area contributed by atoms with E-state index in [0.717, 1.165) is 25.9 Å². The molecule has 1 heterocycles. The highest BCUT2D eigenvalue weighted by Gasteiger charge is 2.36. The number of hydrogen-bond acceptors (Lipinski definition) is 3. The Bertz CT molecular complexity index is 321. The number of nitrogens with one attached hydrogen (secondary N) is 1. The molecule has 0 aromatic carbocycles. The summed E-state index contributed by atoms with van der Waals surface area (Å²) in [5.41, 5.74) is 5.40. The van der Waals surface area contributed by atoms with Crippen LogP contribution in [0.2, 0.25) is 0 Å². The number of hydrogen-bond donors (Lipinski definition) is 2. The largest absolute Gasteiger partial charge is 0.377 e. The van der Waals surface area contributed by atoms with Gasteiger partial charge in [0.1, 0.15) is 0 Å². The lowest BCUT2D eigenvalue weighted by Crippen LogP contribution is -2.54. The first-order valence-corrected chi connectivity index (χ1v) is 7.87. The first-order valence-electron chi connectivity index (χ1n) is 7.87. The molecule has 0 aromatic rings. The zero-order chi connectivity index (χ0) is 15.4. The van der Waals surface area contributed by atoms with Crippen molar-refractivity contribution in [2.45, 2.75) is 71.9 Å². The Morgan fingerprint density at radius 1 is 1.35 bits per heavy atom.